The summed E-state index contributed by atoms with van der Waals surface area (Å²) in [6.07, 6.45) is 4.38. The van der Waals surface area contributed by atoms with Gasteiger partial charge in [0.05, 0.1) is 19.6 Å². The van der Waals surface area contributed by atoms with E-state index in [1.54, 1.807) is 11.3 Å². The van der Waals surface area contributed by atoms with E-state index in [0.29, 0.717) is 6.42 Å². The number of thiophene rings is 1. The average Bonchev–Trinajstić information content (AvgIpc) is 2.85. The lowest BCUT2D eigenvalue weighted by Gasteiger charge is -2.28. The molecular formula is C14H21NO3S. The smallest absolute Gasteiger partial charge is 0.310 e. The zero-order chi connectivity index (χ0) is 13.7. The molecule has 19 heavy (non-hydrogen) atoms. The van der Waals surface area contributed by atoms with E-state index in [4.69, 9.17) is 0 Å². The van der Waals surface area contributed by atoms with E-state index in [-0.39, 0.29) is 18.1 Å². The van der Waals surface area contributed by atoms with Gasteiger partial charge in [-0.25, -0.2) is 0 Å². The standard InChI is InChI=1S/C14H21NO3S/c1-18-14(17)8-10-6-7-11(19-10)9-15-12-4-2-3-5-13(12)16/h6-7,12-13,15-16H,2-5,8-9H2,1H3. The summed E-state index contributed by atoms with van der Waals surface area (Å²) in [5.41, 5.74) is 0. The predicted molar refractivity (Wildman–Crippen MR) is 75.1 cm³/mol. The van der Waals surface area contributed by atoms with Crippen LogP contribution in [0.5, 0.6) is 0 Å². The first kappa shape index (κ1) is 14.5. The molecule has 1 heterocycles. The van der Waals surface area contributed by atoms with Crippen LogP contribution in [-0.2, 0) is 22.5 Å². The molecule has 2 N–H and O–H groups in total. The maximum Gasteiger partial charge on any atom is 0.310 e. The fraction of sp³-hybridized carbons (Fsp3) is 0.643. The summed E-state index contributed by atoms with van der Waals surface area (Å²) in [6.45, 7) is 0.758. The quantitative estimate of drug-likeness (QED) is 0.810. The number of aliphatic hydroxyl groups is 1. The lowest BCUT2D eigenvalue weighted by Crippen LogP contribution is -2.41. The molecule has 0 radical (unpaired) electrons. The van der Waals surface area contributed by atoms with E-state index in [1.165, 1.54) is 18.4 Å². The summed E-state index contributed by atoms with van der Waals surface area (Å²) >= 11 is 1.62. The fourth-order valence-corrected chi connectivity index (χ4v) is 3.36. The maximum absolute atomic E-state index is 11.2. The largest absolute Gasteiger partial charge is 0.469 e. The number of carbonyl (C=O) groups is 1. The van der Waals surface area contributed by atoms with Gasteiger partial charge >= 0.3 is 5.97 Å². The van der Waals surface area contributed by atoms with Crippen molar-refractivity contribution in [1.82, 2.24) is 5.32 Å². The van der Waals surface area contributed by atoms with Crippen molar-refractivity contribution in [3.8, 4) is 0 Å². The van der Waals surface area contributed by atoms with Gasteiger partial charge in [0.2, 0.25) is 0 Å². The van der Waals surface area contributed by atoms with Crippen LogP contribution in [0.15, 0.2) is 12.1 Å². The summed E-state index contributed by atoms with van der Waals surface area (Å²) < 4.78 is 4.65. The molecule has 4 nitrogen and oxygen atoms in total. The molecule has 5 heteroatoms. The first-order chi connectivity index (χ1) is 9.19. The maximum atomic E-state index is 11.2. The third-order valence-corrected chi connectivity index (χ3v) is 4.62. The van der Waals surface area contributed by atoms with Gasteiger partial charge in [0, 0.05) is 22.3 Å². The third kappa shape index (κ3) is 4.30. The van der Waals surface area contributed by atoms with E-state index >= 15 is 0 Å². The van der Waals surface area contributed by atoms with E-state index in [0.717, 1.165) is 30.7 Å². The van der Waals surface area contributed by atoms with Crippen LogP contribution in [-0.4, -0.2) is 30.3 Å². The monoisotopic (exact) mass is 283 g/mol. The van der Waals surface area contributed by atoms with Crippen molar-refractivity contribution in [3.05, 3.63) is 21.9 Å². The fourth-order valence-electron chi connectivity index (χ4n) is 2.41. The van der Waals surface area contributed by atoms with Crippen molar-refractivity contribution in [2.75, 3.05) is 7.11 Å². The molecule has 0 bridgehead atoms. The molecule has 2 atom stereocenters. The Labute approximate surface area is 117 Å². The van der Waals surface area contributed by atoms with Crippen molar-refractivity contribution >= 4 is 17.3 Å². The molecule has 1 saturated carbocycles. The van der Waals surface area contributed by atoms with Crippen LogP contribution in [0, 0.1) is 0 Å². The number of esters is 1. The summed E-state index contributed by atoms with van der Waals surface area (Å²) in [6, 6.07) is 4.21. The molecule has 0 amide bonds. The Balaban J connectivity index is 1.81. The van der Waals surface area contributed by atoms with Gasteiger partial charge in [-0.2, -0.15) is 0 Å². The minimum absolute atomic E-state index is 0.205. The highest BCUT2D eigenvalue weighted by molar-refractivity contribution is 7.12. The molecule has 1 aliphatic carbocycles. The van der Waals surface area contributed by atoms with Gasteiger partial charge in [0.25, 0.3) is 0 Å². The Morgan fingerprint density at radius 2 is 2.16 bits per heavy atom. The number of rotatable bonds is 5. The van der Waals surface area contributed by atoms with Crippen LogP contribution in [0.1, 0.15) is 35.4 Å². The van der Waals surface area contributed by atoms with E-state index in [9.17, 15) is 9.90 Å². The Morgan fingerprint density at radius 3 is 2.89 bits per heavy atom. The van der Waals surface area contributed by atoms with Gasteiger partial charge in [-0.1, -0.05) is 12.8 Å². The molecule has 1 fully saturated rings. The molecule has 0 spiro atoms. The number of ether oxygens (including phenoxy) is 1. The second-order valence-electron chi connectivity index (χ2n) is 4.96. The predicted octanol–water partition coefficient (Wildman–Crippen LogP) is 1.86. The Bertz CT molecular complexity index is 419. The van der Waals surface area contributed by atoms with Crippen molar-refractivity contribution in [2.45, 2.75) is 50.8 Å². The number of aliphatic hydroxyl groups excluding tert-OH is 1. The summed E-state index contributed by atoms with van der Waals surface area (Å²) in [5.74, 6) is -0.205. The van der Waals surface area contributed by atoms with Crippen molar-refractivity contribution in [2.24, 2.45) is 0 Å². The zero-order valence-corrected chi connectivity index (χ0v) is 12.0. The first-order valence-electron chi connectivity index (χ1n) is 6.75. The highest BCUT2D eigenvalue weighted by atomic mass is 32.1. The molecule has 0 aromatic carbocycles. The van der Waals surface area contributed by atoms with Crippen molar-refractivity contribution in [3.63, 3.8) is 0 Å². The van der Waals surface area contributed by atoms with Crippen molar-refractivity contribution in [1.29, 1.82) is 0 Å². The van der Waals surface area contributed by atoms with Crippen LogP contribution in [0.25, 0.3) is 0 Å². The van der Waals surface area contributed by atoms with Crippen molar-refractivity contribution < 1.29 is 14.6 Å². The molecule has 2 rings (SSSR count). The Morgan fingerprint density at radius 1 is 1.42 bits per heavy atom. The topological polar surface area (TPSA) is 58.6 Å². The van der Waals surface area contributed by atoms with Gasteiger partial charge in [-0.15, -0.1) is 11.3 Å². The molecule has 1 aromatic heterocycles. The summed E-state index contributed by atoms with van der Waals surface area (Å²) in [7, 11) is 1.41. The van der Waals surface area contributed by atoms with Crippen LogP contribution in [0.3, 0.4) is 0 Å². The minimum atomic E-state index is -0.219. The highest BCUT2D eigenvalue weighted by Gasteiger charge is 2.22. The zero-order valence-electron chi connectivity index (χ0n) is 11.2. The molecule has 106 valence electrons. The number of hydrogen-bond donors (Lipinski definition) is 2. The highest BCUT2D eigenvalue weighted by Crippen LogP contribution is 2.21. The average molecular weight is 283 g/mol. The molecule has 1 aromatic rings. The SMILES string of the molecule is COC(=O)Cc1ccc(CNC2CCCCC2O)s1. The van der Waals surface area contributed by atoms with Crippen LogP contribution in [0.2, 0.25) is 0 Å². The second-order valence-corrected chi connectivity index (χ2v) is 6.21. The lowest BCUT2D eigenvalue weighted by atomic mass is 9.92. The van der Waals surface area contributed by atoms with E-state index < -0.39 is 0 Å². The normalized spacial score (nSPS) is 23.3. The van der Waals surface area contributed by atoms with Gasteiger partial charge < -0.3 is 15.2 Å². The molecular weight excluding hydrogens is 262 g/mol. The van der Waals surface area contributed by atoms with Gasteiger partial charge in [0.1, 0.15) is 0 Å². The number of nitrogens with one attached hydrogen (secondary N) is 1. The van der Waals surface area contributed by atoms with Gasteiger partial charge in [-0.05, 0) is 25.0 Å². The van der Waals surface area contributed by atoms with Crippen LogP contribution >= 0.6 is 11.3 Å². The first-order valence-corrected chi connectivity index (χ1v) is 7.56. The summed E-state index contributed by atoms with van der Waals surface area (Å²) in [4.78, 5) is 13.4. The third-order valence-electron chi connectivity index (χ3n) is 3.53. The van der Waals surface area contributed by atoms with Gasteiger partial charge in [0.15, 0.2) is 0 Å². The Hall–Kier alpha value is -0.910. The second kappa shape index (κ2) is 7.03. The van der Waals surface area contributed by atoms with Gasteiger partial charge in [-0.3, -0.25) is 4.79 Å². The molecule has 2 unspecified atom stereocenters. The number of hydrogen-bond acceptors (Lipinski definition) is 5. The molecule has 1 aliphatic rings. The number of methoxy groups -OCH3 is 1. The Kier molecular flexibility index (Phi) is 5.36. The summed E-state index contributed by atoms with van der Waals surface area (Å²) in [5, 5.41) is 13.3. The van der Waals surface area contributed by atoms with Crippen LogP contribution in [0.4, 0.5) is 0 Å². The lowest BCUT2D eigenvalue weighted by molar-refractivity contribution is -0.139. The molecule has 0 saturated heterocycles. The minimum Gasteiger partial charge on any atom is -0.469 e. The molecule has 0 aliphatic heterocycles. The van der Waals surface area contributed by atoms with E-state index in [1.807, 2.05) is 12.1 Å². The van der Waals surface area contributed by atoms with Crippen LogP contribution < -0.4 is 5.32 Å². The van der Waals surface area contributed by atoms with E-state index in [2.05, 4.69) is 10.1 Å². The number of carbonyl (C=O) groups excluding carboxylic acids is 1.